The van der Waals surface area contributed by atoms with Gasteiger partial charge in [0.25, 0.3) is 5.91 Å². The molecule has 2 aliphatic heterocycles. The molecule has 2 atom stereocenters. The fourth-order valence-corrected chi connectivity index (χ4v) is 7.34. The number of nitrogens with zero attached hydrogens (tertiary/aromatic N) is 2. The van der Waals surface area contributed by atoms with E-state index in [9.17, 15) is 13.2 Å². The molecule has 9 nitrogen and oxygen atoms in total. The second kappa shape index (κ2) is 14.5. The molecule has 6 rings (SSSR count). The van der Waals surface area contributed by atoms with Gasteiger partial charge in [-0.05, 0) is 65.9 Å². The van der Waals surface area contributed by atoms with Gasteiger partial charge in [0.05, 0.1) is 17.3 Å². The van der Waals surface area contributed by atoms with Crippen LogP contribution in [0, 0.1) is 0 Å². The lowest BCUT2D eigenvalue weighted by molar-refractivity contribution is -0.133. The summed E-state index contributed by atoms with van der Waals surface area (Å²) < 4.78 is 39.4. The average molecular weight is 654 g/mol. The van der Waals surface area contributed by atoms with Crippen LogP contribution in [0.5, 0.6) is 5.75 Å². The van der Waals surface area contributed by atoms with Crippen LogP contribution in [-0.2, 0) is 19.4 Å². The van der Waals surface area contributed by atoms with Gasteiger partial charge in [0.2, 0.25) is 5.90 Å². The molecule has 1 saturated heterocycles. The second-order valence-electron chi connectivity index (χ2n) is 11.8. The quantitative estimate of drug-likeness (QED) is 0.187. The van der Waals surface area contributed by atoms with Crippen LogP contribution in [-0.4, -0.2) is 67.9 Å². The molecule has 1 amide bonds. The Labute approximate surface area is 275 Å². The Morgan fingerprint density at radius 2 is 1.49 bits per heavy atom. The fourth-order valence-electron chi connectivity index (χ4n) is 5.96. The minimum atomic E-state index is -3.75. The van der Waals surface area contributed by atoms with Crippen molar-refractivity contribution < 1.29 is 27.8 Å². The van der Waals surface area contributed by atoms with E-state index in [0.29, 0.717) is 43.0 Å². The highest BCUT2D eigenvalue weighted by atomic mass is 32.2. The lowest BCUT2D eigenvalue weighted by Gasteiger charge is -2.32. The van der Waals surface area contributed by atoms with Crippen LogP contribution in [0.4, 0.5) is 0 Å². The van der Waals surface area contributed by atoms with Gasteiger partial charge in [-0.1, -0.05) is 72.8 Å². The van der Waals surface area contributed by atoms with E-state index in [-0.39, 0.29) is 29.6 Å². The Bertz CT molecular complexity index is 1780. The van der Waals surface area contributed by atoms with Gasteiger partial charge in [-0.2, -0.15) is 0 Å². The number of carbonyl (C=O) groups excluding carboxylic acids is 1. The molecule has 0 bridgehead atoms. The van der Waals surface area contributed by atoms with Crippen molar-refractivity contribution in [3.05, 3.63) is 120 Å². The van der Waals surface area contributed by atoms with E-state index in [4.69, 9.17) is 19.6 Å². The largest absolute Gasteiger partial charge is 0.494 e. The van der Waals surface area contributed by atoms with Crippen molar-refractivity contribution in [3.8, 4) is 16.9 Å². The second-order valence-corrected chi connectivity index (χ2v) is 13.9. The highest BCUT2D eigenvalue weighted by molar-refractivity contribution is 7.91. The lowest BCUT2D eigenvalue weighted by Crippen LogP contribution is -2.54. The summed E-state index contributed by atoms with van der Waals surface area (Å²) in [6.45, 7) is 1.83. The average Bonchev–Trinajstić information content (AvgIpc) is 3.78. The maximum Gasteiger partial charge on any atom is 0.266 e. The van der Waals surface area contributed by atoms with Gasteiger partial charge in [0.1, 0.15) is 5.75 Å². The first-order valence-corrected chi connectivity index (χ1v) is 17.6. The molecule has 2 aliphatic rings. The molecule has 47 heavy (non-hydrogen) atoms. The maximum atomic E-state index is 14.5. The van der Waals surface area contributed by atoms with Crippen molar-refractivity contribution in [2.45, 2.75) is 42.2 Å². The van der Waals surface area contributed by atoms with Crippen LogP contribution in [0.25, 0.3) is 11.1 Å². The Morgan fingerprint density at radius 1 is 0.872 bits per heavy atom. The molecule has 0 spiro atoms. The van der Waals surface area contributed by atoms with Crippen molar-refractivity contribution in [3.63, 3.8) is 0 Å². The molecule has 4 aromatic rings. The number of nitrogens with one attached hydrogen (secondary N) is 1. The topological polar surface area (TPSA) is 118 Å². The van der Waals surface area contributed by atoms with E-state index in [0.717, 1.165) is 24.0 Å². The molecule has 0 unspecified atom stereocenters. The van der Waals surface area contributed by atoms with Crippen molar-refractivity contribution in [1.82, 2.24) is 10.4 Å². The first kappa shape index (κ1) is 32.4. The predicted molar refractivity (Wildman–Crippen MR) is 181 cm³/mol. The summed E-state index contributed by atoms with van der Waals surface area (Å²) in [6.07, 6.45) is 1.44. The number of hydrogen-bond donors (Lipinski definition) is 2. The molecule has 1 fully saturated rings. The number of ether oxygens (including phenoxy) is 2. The number of rotatable bonds is 13. The number of aliphatic hydroxyl groups is 1. The Morgan fingerprint density at radius 3 is 2.15 bits per heavy atom. The third-order valence-corrected chi connectivity index (χ3v) is 10.3. The molecule has 0 aliphatic carbocycles. The number of benzene rings is 4. The van der Waals surface area contributed by atoms with Gasteiger partial charge < -0.3 is 14.6 Å². The summed E-state index contributed by atoms with van der Waals surface area (Å²) in [7, 11) is -3.75. The van der Waals surface area contributed by atoms with Gasteiger partial charge >= 0.3 is 0 Å². The third-order valence-electron chi connectivity index (χ3n) is 8.57. The predicted octanol–water partition coefficient (Wildman–Crippen LogP) is 5.36. The number of aliphatic hydroxyl groups excluding tert-OH is 1. The fraction of sp³-hybridized carbons (Fsp3) is 0.297. The number of hydrazine groups is 1. The molecule has 0 aromatic heterocycles. The molecule has 4 aromatic carbocycles. The van der Waals surface area contributed by atoms with Crippen LogP contribution in [0.1, 0.15) is 42.9 Å². The van der Waals surface area contributed by atoms with Crippen molar-refractivity contribution in [1.29, 1.82) is 0 Å². The van der Waals surface area contributed by atoms with Crippen LogP contribution in [0.2, 0.25) is 0 Å². The third kappa shape index (κ3) is 7.40. The van der Waals surface area contributed by atoms with Crippen molar-refractivity contribution in [2.75, 3.05) is 32.1 Å². The van der Waals surface area contributed by atoms with Crippen LogP contribution < -0.4 is 10.2 Å². The number of hydrogen-bond acceptors (Lipinski definition) is 8. The molecule has 2 heterocycles. The van der Waals surface area contributed by atoms with Gasteiger partial charge in [0.15, 0.2) is 21.5 Å². The van der Waals surface area contributed by atoms with E-state index < -0.39 is 27.4 Å². The maximum absolute atomic E-state index is 14.5. The van der Waals surface area contributed by atoms with Gasteiger partial charge in [0, 0.05) is 38.1 Å². The summed E-state index contributed by atoms with van der Waals surface area (Å²) in [5.41, 5.74) is 4.87. The molecule has 10 heteroatoms. The zero-order valence-electron chi connectivity index (χ0n) is 26.1. The van der Waals surface area contributed by atoms with Crippen LogP contribution in [0.15, 0.2) is 119 Å². The summed E-state index contributed by atoms with van der Waals surface area (Å²) in [5, 5.41) is 11.0. The zero-order valence-corrected chi connectivity index (χ0v) is 26.9. The molecular weight excluding hydrogens is 614 g/mol. The Kier molecular flexibility index (Phi) is 10.0. The van der Waals surface area contributed by atoms with Crippen LogP contribution in [0.3, 0.4) is 0 Å². The minimum absolute atomic E-state index is 0.0397. The summed E-state index contributed by atoms with van der Waals surface area (Å²) in [4.78, 5) is 19.6. The molecule has 2 N–H and O–H groups in total. The van der Waals surface area contributed by atoms with Crippen LogP contribution >= 0.6 is 0 Å². The smallest absolute Gasteiger partial charge is 0.266 e. The Balaban J connectivity index is 1.39. The summed E-state index contributed by atoms with van der Waals surface area (Å²) in [6, 6.07) is 33.2. The normalized spacial score (nSPS) is 19.6. The first-order valence-electron chi connectivity index (χ1n) is 16.0. The molecule has 0 radical (unpaired) electrons. The van der Waals surface area contributed by atoms with E-state index in [1.807, 2.05) is 59.6 Å². The Hall–Kier alpha value is -4.51. The number of carbonyl (C=O) groups is 1. The van der Waals surface area contributed by atoms with Crippen molar-refractivity contribution in [2.24, 2.45) is 4.99 Å². The molecular formula is C37H39N3O6S. The number of aliphatic imine (C=N–C) groups is 1. The molecule has 244 valence electrons. The monoisotopic (exact) mass is 653 g/mol. The van der Waals surface area contributed by atoms with E-state index in [2.05, 4.69) is 5.43 Å². The van der Waals surface area contributed by atoms with Gasteiger partial charge in [-0.3, -0.25) is 10.2 Å². The number of amides is 1. The first-order chi connectivity index (χ1) is 22.9. The lowest BCUT2D eigenvalue weighted by atomic mass is 9.84. The summed E-state index contributed by atoms with van der Waals surface area (Å²) in [5.74, 6) is 0.165. The zero-order chi connectivity index (χ0) is 32.7. The molecule has 0 saturated carbocycles. The van der Waals surface area contributed by atoms with Gasteiger partial charge in [-0.15, -0.1) is 0 Å². The van der Waals surface area contributed by atoms with Gasteiger partial charge in [-0.25, -0.2) is 18.4 Å². The SMILES string of the molecule is O=C(NN1CCCC1)[C@@]1(CCS(=O)(=O)c2ccccc2)N=C(c2ccc(OCCCO)cc2)O[C@H]1c1ccc(-c2ccccc2)cc1. The standard InChI is InChI=1S/C37H39N3O6S/c41-25-9-26-45-32-20-18-31(19-21-32)35-38-37(36(42)39-40-23-7-8-24-40,22-27-47(43,44)33-12-5-2-6-13-33)34(46-35)30-16-14-29(15-17-30)28-10-3-1-4-11-28/h1-6,10-21,34,41H,7-9,22-27H2,(H,39,42)/t34-,37-/m0/s1. The highest BCUT2D eigenvalue weighted by Gasteiger charge is 2.54. The highest BCUT2D eigenvalue weighted by Crippen LogP contribution is 2.43. The minimum Gasteiger partial charge on any atom is -0.494 e. The van der Waals surface area contributed by atoms with E-state index in [1.54, 1.807) is 54.6 Å². The number of sulfone groups is 1. The van der Waals surface area contributed by atoms with Crippen molar-refractivity contribution >= 4 is 21.6 Å². The van der Waals surface area contributed by atoms with E-state index in [1.165, 1.54) is 0 Å². The summed E-state index contributed by atoms with van der Waals surface area (Å²) >= 11 is 0. The van der Waals surface area contributed by atoms with E-state index >= 15 is 0 Å².